The molecule has 46 heavy (non-hydrogen) atoms. The minimum absolute atomic E-state index is 0.166. The maximum absolute atomic E-state index is 12.9. The molecule has 1 aromatic heterocycles. The third kappa shape index (κ3) is 16.5. The third-order valence-electron chi connectivity index (χ3n) is 6.73. The Morgan fingerprint density at radius 1 is 0.826 bits per heavy atom. The molecule has 12 heteroatoms. The van der Waals surface area contributed by atoms with Crippen LogP contribution in [0.4, 0.5) is 4.79 Å². The highest BCUT2D eigenvalue weighted by atomic mass is 32.1. The molecule has 0 saturated heterocycles. The second-order valence-electron chi connectivity index (χ2n) is 13.1. The van der Waals surface area contributed by atoms with Crippen LogP contribution in [0.5, 0.6) is 0 Å². The molecule has 0 spiro atoms. The van der Waals surface area contributed by atoms with Gasteiger partial charge in [-0.1, -0.05) is 51.5 Å². The van der Waals surface area contributed by atoms with Gasteiger partial charge in [-0.05, 0) is 63.5 Å². The lowest BCUT2D eigenvalue weighted by Crippen LogP contribution is -2.54. The molecular weight excluding hydrogens is 608 g/mol. The van der Waals surface area contributed by atoms with Gasteiger partial charge in [0.05, 0.1) is 49.1 Å². The maximum Gasteiger partial charge on any atom is 0.407 e. The van der Waals surface area contributed by atoms with Gasteiger partial charge in [-0.15, -0.1) is 11.3 Å². The Morgan fingerprint density at radius 2 is 1.48 bits per heavy atom. The van der Waals surface area contributed by atoms with Gasteiger partial charge in [-0.2, -0.15) is 0 Å². The first kappa shape index (κ1) is 39.1. The summed E-state index contributed by atoms with van der Waals surface area (Å²) in [5, 5.41) is 8.42. The van der Waals surface area contributed by atoms with Crippen LogP contribution in [0.1, 0.15) is 72.1 Å². The highest BCUT2D eigenvalue weighted by Gasteiger charge is 2.32. The number of alkyl carbamates (subject to hydrolysis) is 1. The number of nitrogens with one attached hydrogen (secondary N) is 3. The maximum atomic E-state index is 12.9. The quantitative estimate of drug-likeness (QED) is 0.168. The second-order valence-corrected chi connectivity index (χ2v) is 14.0. The minimum Gasteiger partial charge on any atom is -0.444 e. The molecule has 258 valence electrons. The van der Waals surface area contributed by atoms with Gasteiger partial charge in [-0.25, -0.2) is 9.78 Å². The molecule has 0 radical (unpaired) electrons. The fraction of sp³-hybridized carbons (Fsp3) is 0.647. The number of aryl methyl sites for hydroxylation is 2. The zero-order valence-electron chi connectivity index (χ0n) is 28.7. The van der Waals surface area contributed by atoms with E-state index in [1.807, 2.05) is 33.2 Å². The number of benzene rings is 1. The summed E-state index contributed by atoms with van der Waals surface area (Å²) < 4.78 is 21.4. The summed E-state index contributed by atoms with van der Waals surface area (Å²) in [6.45, 7) is 15.5. The highest BCUT2D eigenvalue weighted by Crippen LogP contribution is 2.27. The van der Waals surface area contributed by atoms with Crippen molar-refractivity contribution in [1.29, 1.82) is 0 Å². The van der Waals surface area contributed by atoms with Gasteiger partial charge in [0.15, 0.2) is 0 Å². The molecule has 2 rings (SSSR count). The van der Waals surface area contributed by atoms with E-state index in [0.29, 0.717) is 39.5 Å². The van der Waals surface area contributed by atoms with E-state index < -0.39 is 23.2 Å². The Balaban J connectivity index is 1.53. The lowest BCUT2D eigenvalue weighted by Gasteiger charge is -2.30. The summed E-state index contributed by atoms with van der Waals surface area (Å²) in [4.78, 5) is 42.5. The van der Waals surface area contributed by atoms with Crippen LogP contribution in [0.15, 0.2) is 29.8 Å². The molecular formula is C34H54N4O7S. The van der Waals surface area contributed by atoms with Crippen LogP contribution in [0.2, 0.25) is 0 Å². The van der Waals surface area contributed by atoms with Crippen molar-refractivity contribution in [3.05, 3.63) is 41.0 Å². The molecule has 1 aromatic carbocycles. The number of ether oxygens (including phenoxy) is 4. The van der Waals surface area contributed by atoms with Crippen LogP contribution >= 0.6 is 11.3 Å². The number of rotatable bonds is 20. The molecule has 0 aliphatic rings. The number of amides is 3. The molecule has 11 nitrogen and oxygen atoms in total. The lowest BCUT2D eigenvalue weighted by atomic mass is 9.86. The van der Waals surface area contributed by atoms with Crippen molar-refractivity contribution in [3.63, 3.8) is 0 Å². The van der Waals surface area contributed by atoms with E-state index in [-0.39, 0.29) is 25.0 Å². The van der Waals surface area contributed by atoms with Crippen molar-refractivity contribution in [2.45, 2.75) is 85.8 Å². The first-order valence-electron chi connectivity index (χ1n) is 16.0. The van der Waals surface area contributed by atoms with Gasteiger partial charge < -0.3 is 34.9 Å². The number of carbonyl (C=O) groups excluding carboxylic acids is 3. The van der Waals surface area contributed by atoms with Crippen LogP contribution in [0.3, 0.4) is 0 Å². The number of aromatic nitrogens is 1. The van der Waals surface area contributed by atoms with Crippen LogP contribution in [0.25, 0.3) is 10.4 Å². The van der Waals surface area contributed by atoms with Gasteiger partial charge in [0, 0.05) is 13.1 Å². The van der Waals surface area contributed by atoms with Crippen molar-refractivity contribution < 1.29 is 33.3 Å². The molecule has 3 amide bonds. The van der Waals surface area contributed by atoms with Crippen molar-refractivity contribution >= 4 is 29.2 Å². The Bertz CT molecular complexity index is 1190. The van der Waals surface area contributed by atoms with E-state index in [0.717, 1.165) is 31.4 Å². The third-order valence-corrected chi connectivity index (χ3v) is 7.71. The normalized spacial score (nSPS) is 12.4. The Labute approximate surface area is 278 Å². The molecule has 1 atom stereocenters. The highest BCUT2D eigenvalue weighted by molar-refractivity contribution is 7.13. The summed E-state index contributed by atoms with van der Waals surface area (Å²) >= 11 is 1.66. The standard InChI is InChI=1S/C34H54N4O7S/c1-25-29(46-24-37-25)27-14-12-26(13-15-27)11-9-8-10-16-35-31(40)30(33(2,3)4)38-28(39)23-44-22-21-43-20-19-42-18-17-36-32(41)45-34(5,6)7/h12-15,24,30H,8-11,16-23H2,1-7H3,(H,35,40)(H,36,41)(H,38,39). The van der Waals surface area contributed by atoms with Crippen molar-refractivity contribution in [1.82, 2.24) is 20.9 Å². The molecule has 0 bridgehead atoms. The van der Waals surface area contributed by atoms with E-state index in [4.69, 9.17) is 18.9 Å². The largest absolute Gasteiger partial charge is 0.444 e. The summed E-state index contributed by atoms with van der Waals surface area (Å²) in [6, 6.07) is 8.00. The number of unbranched alkanes of at least 4 members (excludes halogenated alkanes) is 2. The lowest BCUT2D eigenvalue weighted by molar-refractivity contribution is -0.134. The first-order valence-corrected chi connectivity index (χ1v) is 16.9. The smallest absolute Gasteiger partial charge is 0.407 e. The summed E-state index contributed by atoms with van der Waals surface area (Å²) in [5.74, 6) is -0.549. The SMILES string of the molecule is Cc1ncsc1-c1ccc(CCCCCNC(=O)C(NC(=O)COCCOCCOCCNC(=O)OC(C)(C)C)C(C)(C)C)cc1. The molecule has 1 unspecified atom stereocenters. The average Bonchev–Trinajstić information content (AvgIpc) is 3.40. The van der Waals surface area contributed by atoms with E-state index >= 15 is 0 Å². The number of carbonyl (C=O) groups is 3. The molecule has 1 heterocycles. The molecule has 0 fully saturated rings. The minimum atomic E-state index is -0.678. The molecule has 0 aliphatic heterocycles. The van der Waals surface area contributed by atoms with Gasteiger partial charge in [0.25, 0.3) is 0 Å². The molecule has 0 aliphatic carbocycles. The Hall–Kier alpha value is -3.06. The predicted molar refractivity (Wildman–Crippen MR) is 181 cm³/mol. The first-order chi connectivity index (χ1) is 21.8. The van der Waals surface area contributed by atoms with E-state index in [9.17, 15) is 14.4 Å². The topological polar surface area (TPSA) is 137 Å². The van der Waals surface area contributed by atoms with E-state index in [1.54, 1.807) is 32.1 Å². The number of hydrogen-bond donors (Lipinski definition) is 3. The van der Waals surface area contributed by atoms with Crippen LogP contribution in [-0.2, 0) is 35.0 Å². The van der Waals surface area contributed by atoms with E-state index in [2.05, 4.69) is 45.2 Å². The van der Waals surface area contributed by atoms with Gasteiger partial charge in [0.2, 0.25) is 11.8 Å². The van der Waals surface area contributed by atoms with Crippen molar-refractivity contribution in [2.75, 3.05) is 52.7 Å². The van der Waals surface area contributed by atoms with Crippen molar-refractivity contribution in [3.8, 4) is 10.4 Å². The van der Waals surface area contributed by atoms with E-state index in [1.165, 1.54) is 16.0 Å². The number of hydrogen-bond acceptors (Lipinski definition) is 9. The van der Waals surface area contributed by atoms with Gasteiger partial charge in [-0.3, -0.25) is 9.59 Å². The number of nitrogens with zero attached hydrogens (tertiary/aromatic N) is 1. The predicted octanol–water partition coefficient (Wildman–Crippen LogP) is 5.05. The fourth-order valence-electron chi connectivity index (χ4n) is 4.37. The number of thiazole rings is 1. The second kappa shape index (κ2) is 20.2. The summed E-state index contributed by atoms with van der Waals surface area (Å²) in [7, 11) is 0. The zero-order chi connectivity index (χ0) is 34.0. The van der Waals surface area contributed by atoms with Crippen LogP contribution in [0, 0.1) is 12.3 Å². The fourth-order valence-corrected chi connectivity index (χ4v) is 5.18. The summed E-state index contributed by atoms with van der Waals surface area (Å²) in [5.41, 5.74) is 4.44. The van der Waals surface area contributed by atoms with Gasteiger partial charge in [0.1, 0.15) is 18.2 Å². The molecule has 2 aromatic rings. The molecule has 0 saturated carbocycles. The monoisotopic (exact) mass is 662 g/mol. The summed E-state index contributed by atoms with van der Waals surface area (Å²) in [6.07, 6.45) is 3.41. The molecule has 3 N–H and O–H groups in total. The Kier molecular flexibility index (Phi) is 17.2. The van der Waals surface area contributed by atoms with Gasteiger partial charge >= 0.3 is 6.09 Å². The average molecular weight is 663 g/mol. The van der Waals surface area contributed by atoms with Crippen LogP contribution < -0.4 is 16.0 Å². The van der Waals surface area contributed by atoms with Crippen molar-refractivity contribution in [2.24, 2.45) is 5.41 Å². The zero-order valence-corrected chi connectivity index (χ0v) is 29.5. The van der Waals surface area contributed by atoms with Crippen LogP contribution in [-0.4, -0.2) is 87.3 Å². The Morgan fingerprint density at radius 3 is 2.09 bits per heavy atom.